The summed E-state index contributed by atoms with van der Waals surface area (Å²) in [5.41, 5.74) is 5.25. The first-order valence-electron chi connectivity index (χ1n) is 14.2. The van der Waals surface area contributed by atoms with Gasteiger partial charge in [0.2, 0.25) is 0 Å². The first-order valence-corrected chi connectivity index (χ1v) is 14.2. The van der Waals surface area contributed by atoms with Crippen LogP contribution in [0.25, 0.3) is 0 Å². The maximum atomic E-state index is 11.7. The second-order valence-electron chi connectivity index (χ2n) is 11.9. The van der Waals surface area contributed by atoms with E-state index >= 15 is 0 Å². The van der Waals surface area contributed by atoms with E-state index in [4.69, 9.17) is 14.2 Å². The Labute approximate surface area is 219 Å². The molecule has 1 N–H and O–H groups in total. The lowest BCUT2D eigenvalue weighted by Gasteiger charge is -2.43. The molecular weight excluding hydrogens is 466 g/mol. The number of hydrogen-bond acceptors (Lipinski definition) is 5. The Bertz CT molecular complexity index is 1170. The summed E-state index contributed by atoms with van der Waals surface area (Å²) in [6.07, 6.45) is 10.7. The largest absolute Gasteiger partial charge is 0.493 e. The van der Waals surface area contributed by atoms with Crippen LogP contribution in [0, 0.1) is 17.8 Å². The number of aliphatic carboxylic acids is 1. The molecule has 0 saturated heterocycles. The molecule has 6 heteroatoms. The molecule has 3 atom stereocenters. The van der Waals surface area contributed by atoms with E-state index in [-0.39, 0.29) is 11.3 Å². The van der Waals surface area contributed by atoms with Crippen LogP contribution in [-0.2, 0) is 23.1 Å². The van der Waals surface area contributed by atoms with Crippen molar-refractivity contribution in [3.8, 4) is 17.2 Å². The molecule has 1 fully saturated rings. The topological polar surface area (TPSA) is 77.9 Å². The smallest absolute Gasteiger partial charge is 0.306 e. The summed E-state index contributed by atoms with van der Waals surface area (Å²) in [6, 6.07) is 6.45. The summed E-state index contributed by atoms with van der Waals surface area (Å²) in [6.45, 7) is 6.44. The number of rotatable bonds is 6. The third-order valence-electron chi connectivity index (χ3n) is 9.57. The van der Waals surface area contributed by atoms with Crippen molar-refractivity contribution in [3.63, 3.8) is 0 Å². The summed E-state index contributed by atoms with van der Waals surface area (Å²) in [5, 5.41) is 9.66. The van der Waals surface area contributed by atoms with Gasteiger partial charge in [0.25, 0.3) is 0 Å². The predicted octanol–water partition coefficient (Wildman–Crippen LogP) is 6.08. The molecule has 37 heavy (non-hydrogen) atoms. The lowest BCUT2D eigenvalue weighted by molar-refractivity contribution is -0.143. The molecule has 1 saturated carbocycles. The predicted molar refractivity (Wildman–Crippen MR) is 141 cm³/mol. The van der Waals surface area contributed by atoms with Crippen molar-refractivity contribution in [2.45, 2.75) is 83.0 Å². The Kier molecular flexibility index (Phi) is 6.54. The van der Waals surface area contributed by atoms with Crippen molar-refractivity contribution >= 4 is 5.97 Å². The zero-order valence-corrected chi connectivity index (χ0v) is 22.1. The number of carbonyl (C=O) groups is 1. The van der Waals surface area contributed by atoms with Crippen LogP contribution in [0.4, 0.5) is 0 Å². The van der Waals surface area contributed by atoms with Gasteiger partial charge >= 0.3 is 5.97 Å². The van der Waals surface area contributed by atoms with Crippen molar-refractivity contribution in [2.24, 2.45) is 17.8 Å². The summed E-state index contributed by atoms with van der Waals surface area (Å²) < 4.78 is 18.3. The highest BCUT2D eigenvalue weighted by Crippen LogP contribution is 2.57. The number of fused-ring (bicyclic) bond motifs is 4. The number of pyridine rings is 1. The minimum Gasteiger partial charge on any atom is -0.493 e. The summed E-state index contributed by atoms with van der Waals surface area (Å²) in [5.74, 6) is 3.18. The fraction of sp³-hybridized carbons (Fsp3) is 0.613. The molecule has 2 aromatic rings. The van der Waals surface area contributed by atoms with Crippen LogP contribution in [0.3, 0.4) is 0 Å². The molecule has 6 nitrogen and oxygen atoms in total. The lowest BCUT2D eigenvalue weighted by atomic mass is 9.61. The maximum Gasteiger partial charge on any atom is 0.306 e. The van der Waals surface area contributed by atoms with E-state index in [0.29, 0.717) is 37.6 Å². The van der Waals surface area contributed by atoms with E-state index in [1.807, 2.05) is 12.3 Å². The summed E-state index contributed by atoms with van der Waals surface area (Å²) >= 11 is 0. The third-order valence-corrected chi connectivity index (χ3v) is 9.57. The van der Waals surface area contributed by atoms with Crippen LogP contribution in [0.1, 0.15) is 87.1 Å². The molecule has 4 aliphatic rings. The average molecular weight is 506 g/mol. The van der Waals surface area contributed by atoms with Crippen LogP contribution in [-0.4, -0.2) is 35.9 Å². The molecule has 0 radical (unpaired) electrons. The van der Waals surface area contributed by atoms with Gasteiger partial charge in [-0.3, -0.25) is 9.78 Å². The van der Waals surface area contributed by atoms with E-state index < -0.39 is 5.97 Å². The highest BCUT2D eigenvalue weighted by molar-refractivity contribution is 5.70. The molecule has 1 aromatic carbocycles. The van der Waals surface area contributed by atoms with Gasteiger partial charge in [-0.15, -0.1) is 0 Å². The molecular formula is C31H39NO5. The van der Waals surface area contributed by atoms with Gasteiger partial charge in [0, 0.05) is 17.5 Å². The minimum atomic E-state index is -0.650. The van der Waals surface area contributed by atoms with Gasteiger partial charge in [-0.25, -0.2) is 0 Å². The van der Waals surface area contributed by atoms with Gasteiger partial charge in [-0.2, -0.15) is 0 Å². The van der Waals surface area contributed by atoms with Crippen molar-refractivity contribution in [2.75, 3.05) is 19.8 Å². The Hall–Kier alpha value is -2.76. The quantitative estimate of drug-likeness (QED) is 0.512. The Morgan fingerprint density at radius 2 is 1.95 bits per heavy atom. The second-order valence-corrected chi connectivity index (χ2v) is 11.9. The number of aromatic nitrogens is 1. The molecule has 6 rings (SSSR count). The molecule has 3 aliphatic carbocycles. The van der Waals surface area contributed by atoms with Gasteiger partial charge in [0.1, 0.15) is 19.0 Å². The molecule has 198 valence electrons. The molecule has 0 amide bonds. The summed E-state index contributed by atoms with van der Waals surface area (Å²) in [7, 11) is 0. The van der Waals surface area contributed by atoms with E-state index in [2.05, 4.69) is 31.0 Å². The van der Waals surface area contributed by atoms with Crippen LogP contribution >= 0.6 is 0 Å². The van der Waals surface area contributed by atoms with Crippen LogP contribution in [0.5, 0.6) is 17.2 Å². The fourth-order valence-electron chi connectivity index (χ4n) is 7.67. The zero-order chi connectivity index (χ0) is 25.6. The van der Waals surface area contributed by atoms with Crippen LogP contribution in [0.2, 0.25) is 0 Å². The van der Waals surface area contributed by atoms with E-state index in [0.717, 1.165) is 62.2 Å². The van der Waals surface area contributed by atoms with E-state index in [1.165, 1.54) is 35.2 Å². The molecule has 1 spiro atoms. The summed E-state index contributed by atoms with van der Waals surface area (Å²) in [4.78, 5) is 16.4. The number of nitrogens with zero attached hydrogens (tertiary/aromatic N) is 1. The second kappa shape index (κ2) is 9.85. The van der Waals surface area contributed by atoms with Crippen molar-refractivity contribution in [3.05, 3.63) is 46.8 Å². The van der Waals surface area contributed by atoms with Gasteiger partial charge in [0.15, 0.2) is 11.5 Å². The Morgan fingerprint density at radius 3 is 2.70 bits per heavy atom. The average Bonchev–Trinajstić information content (AvgIpc) is 3.17. The van der Waals surface area contributed by atoms with E-state index in [1.54, 1.807) is 0 Å². The fourth-order valence-corrected chi connectivity index (χ4v) is 7.67. The van der Waals surface area contributed by atoms with E-state index in [9.17, 15) is 9.90 Å². The molecule has 1 unspecified atom stereocenters. The van der Waals surface area contributed by atoms with Crippen molar-refractivity contribution < 1.29 is 24.1 Å². The number of hydrogen-bond donors (Lipinski definition) is 1. The number of carboxylic acids is 1. The molecule has 1 aromatic heterocycles. The number of benzene rings is 1. The highest BCUT2D eigenvalue weighted by atomic mass is 16.6. The van der Waals surface area contributed by atoms with Gasteiger partial charge in [0.05, 0.1) is 12.5 Å². The minimum absolute atomic E-state index is 0.00965. The number of ether oxygens (including phenoxy) is 3. The van der Waals surface area contributed by atoms with Crippen LogP contribution < -0.4 is 14.2 Å². The van der Waals surface area contributed by atoms with Crippen molar-refractivity contribution in [1.29, 1.82) is 0 Å². The zero-order valence-electron chi connectivity index (χ0n) is 22.1. The molecule has 0 bridgehead atoms. The monoisotopic (exact) mass is 505 g/mol. The first-order chi connectivity index (χ1) is 17.9. The van der Waals surface area contributed by atoms with Gasteiger partial charge in [-0.1, -0.05) is 13.8 Å². The Balaban J connectivity index is 1.21. The normalized spacial score (nSPS) is 28.9. The lowest BCUT2D eigenvalue weighted by Crippen LogP contribution is -2.39. The van der Waals surface area contributed by atoms with Crippen LogP contribution in [0.15, 0.2) is 24.4 Å². The standard InChI is InChI=1S/C31H39NO5/c1-19(18-37-26-8-11-32-25-5-3-4-20(2)29(25)26)14-23-15-22-16-27-28(36-13-12-35-27)17-24(22)31(23)9-6-21(7-10-31)30(33)34/h8,11,16-17,19-21,23H,3-7,9-10,12-15,18H2,1-2H3,(H,33,34)/t19-,20-,21?,23?,31?/m1/s1. The Morgan fingerprint density at radius 1 is 1.19 bits per heavy atom. The SMILES string of the molecule is C[C@@H](COc1ccnc2c1[C@H](C)CCC2)CC1Cc2cc3c(cc2C12CCC(C(=O)O)CC2)OCCO3. The highest BCUT2D eigenvalue weighted by Gasteiger charge is 2.50. The van der Waals surface area contributed by atoms with Crippen molar-refractivity contribution in [1.82, 2.24) is 4.98 Å². The number of aryl methyl sites for hydroxylation is 1. The first kappa shape index (κ1) is 24.6. The van der Waals surface area contributed by atoms with Gasteiger partial charge < -0.3 is 19.3 Å². The van der Waals surface area contributed by atoms with Gasteiger partial charge in [-0.05, 0) is 110 Å². The third kappa shape index (κ3) is 4.46. The number of carboxylic acid groups (broad SMARTS) is 1. The molecule has 1 aliphatic heterocycles. The maximum absolute atomic E-state index is 11.7. The molecule has 2 heterocycles.